The molecule has 2 heterocycles. The van der Waals surface area contributed by atoms with Crippen LogP contribution in [0.4, 0.5) is 0 Å². The van der Waals surface area contributed by atoms with Crippen LogP contribution >= 0.6 is 0 Å². The Labute approximate surface area is 210 Å². The van der Waals surface area contributed by atoms with Crippen LogP contribution in [0.1, 0.15) is 76.2 Å². The smallest absolute Gasteiger partial charge is 0.220 e. The number of likely N-dealkylation sites (tertiary alicyclic amines) is 1. The number of nitrogens with zero attached hydrogens (tertiary/aromatic N) is 1. The van der Waals surface area contributed by atoms with E-state index in [9.17, 15) is 13.2 Å². The number of carbonyl (C=O) groups is 1. The first-order chi connectivity index (χ1) is 17.0. The molecule has 0 unspecified atom stereocenters. The van der Waals surface area contributed by atoms with E-state index in [0.29, 0.717) is 26.1 Å². The lowest BCUT2D eigenvalue weighted by Gasteiger charge is -2.25. The molecule has 1 saturated carbocycles. The fraction of sp³-hybridized carbons (Fsp3) is 0.741. The zero-order chi connectivity index (χ0) is 24.5. The molecule has 2 aliphatic heterocycles. The number of carbonyl (C=O) groups excluding carboxylic acids is 1. The molecular formula is C27H42N2O5S. The Morgan fingerprint density at radius 2 is 1.71 bits per heavy atom. The van der Waals surface area contributed by atoms with Gasteiger partial charge >= 0.3 is 0 Å². The Morgan fingerprint density at radius 3 is 2.49 bits per heavy atom. The van der Waals surface area contributed by atoms with Gasteiger partial charge in [0.2, 0.25) is 5.91 Å². The third kappa shape index (κ3) is 8.10. The van der Waals surface area contributed by atoms with Crippen molar-refractivity contribution in [1.82, 2.24) is 10.2 Å². The molecule has 0 radical (unpaired) electrons. The molecular weight excluding hydrogens is 464 g/mol. The summed E-state index contributed by atoms with van der Waals surface area (Å²) in [6.07, 6.45) is 10.7. The minimum absolute atomic E-state index is 0.0369. The van der Waals surface area contributed by atoms with Crippen molar-refractivity contribution in [3.05, 3.63) is 23.8 Å². The minimum atomic E-state index is -2.98. The van der Waals surface area contributed by atoms with Crippen LogP contribution in [-0.4, -0.2) is 69.1 Å². The molecule has 2 fully saturated rings. The van der Waals surface area contributed by atoms with E-state index in [1.807, 2.05) is 12.1 Å². The topological polar surface area (TPSA) is 84.9 Å². The van der Waals surface area contributed by atoms with E-state index in [2.05, 4.69) is 16.3 Å². The van der Waals surface area contributed by atoms with Crippen LogP contribution in [0.3, 0.4) is 0 Å². The molecule has 7 nitrogen and oxygen atoms in total. The predicted octanol–water partition coefficient (Wildman–Crippen LogP) is 3.89. The second kappa shape index (κ2) is 12.9. The van der Waals surface area contributed by atoms with E-state index in [1.54, 1.807) is 0 Å². The maximum atomic E-state index is 12.8. The minimum Gasteiger partial charge on any atom is -0.486 e. The highest BCUT2D eigenvalue weighted by Gasteiger charge is 2.26. The van der Waals surface area contributed by atoms with Crippen LogP contribution in [0, 0.1) is 0 Å². The summed E-state index contributed by atoms with van der Waals surface area (Å²) in [6.45, 7) is 4.16. The standard InChI is InChI=1S/C27H42N2O5S/c30-27(11-5-2-8-18-35(31,32)24-9-3-1-4-10-24)28-23(21-29-14-6-7-15-29)19-22-12-13-25-26(20-22)34-17-16-33-25/h12-13,20,23-24H,1-11,14-19,21H2,(H,28,30)/t23-/m0/s1. The summed E-state index contributed by atoms with van der Waals surface area (Å²) in [7, 11) is -2.98. The molecule has 1 atom stereocenters. The van der Waals surface area contributed by atoms with Crippen LogP contribution in [0.15, 0.2) is 18.2 Å². The summed E-state index contributed by atoms with van der Waals surface area (Å²) >= 11 is 0. The van der Waals surface area contributed by atoms with Crippen LogP contribution in [-0.2, 0) is 21.1 Å². The van der Waals surface area contributed by atoms with Gasteiger partial charge in [-0.1, -0.05) is 31.7 Å². The molecule has 3 aliphatic rings. The van der Waals surface area contributed by atoms with Gasteiger partial charge in [0, 0.05) is 19.0 Å². The van der Waals surface area contributed by atoms with Gasteiger partial charge in [0.05, 0.1) is 11.0 Å². The molecule has 1 N–H and O–H groups in total. The molecule has 1 amide bonds. The second-order valence-electron chi connectivity index (χ2n) is 10.4. The number of sulfone groups is 1. The van der Waals surface area contributed by atoms with Gasteiger partial charge in [0.15, 0.2) is 21.3 Å². The van der Waals surface area contributed by atoms with Crippen molar-refractivity contribution in [2.45, 2.75) is 88.3 Å². The molecule has 0 spiro atoms. The lowest BCUT2D eigenvalue weighted by atomic mass is 10.0. The van der Waals surface area contributed by atoms with Crippen LogP contribution in [0.5, 0.6) is 11.5 Å². The largest absolute Gasteiger partial charge is 0.486 e. The van der Waals surface area contributed by atoms with Gasteiger partial charge in [0.25, 0.3) is 0 Å². The molecule has 4 rings (SSSR count). The molecule has 1 aromatic rings. The Kier molecular flexibility index (Phi) is 9.72. The molecule has 35 heavy (non-hydrogen) atoms. The monoisotopic (exact) mass is 506 g/mol. The summed E-state index contributed by atoms with van der Waals surface area (Å²) in [6, 6.07) is 6.09. The van der Waals surface area contributed by atoms with Crippen molar-refractivity contribution in [3.8, 4) is 11.5 Å². The average Bonchev–Trinajstić information content (AvgIpc) is 3.37. The Morgan fingerprint density at radius 1 is 0.971 bits per heavy atom. The summed E-state index contributed by atoms with van der Waals surface area (Å²) < 4.78 is 36.5. The lowest BCUT2D eigenvalue weighted by Crippen LogP contribution is -2.44. The third-order valence-electron chi connectivity index (χ3n) is 7.52. The number of benzene rings is 1. The molecule has 1 aliphatic carbocycles. The zero-order valence-corrected chi connectivity index (χ0v) is 21.8. The highest BCUT2D eigenvalue weighted by Crippen LogP contribution is 2.31. The third-order valence-corrected chi connectivity index (χ3v) is 9.87. The first-order valence-corrected chi connectivity index (χ1v) is 15.3. The van der Waals surface area contributed by atoms with E-state index in [1.165, 1.54) is 12.8 Å². The molecule has 8 heteroatoms. The van der Waals surface area contributed by atoms with Gasteiger partial charge < -0.3 is 19.7 Å². The van der Waals surface area contributed by atoms with Crippen molar-refractivity contribution < 1.29 is 22.7 Å². The normalized spacial score (nSPS) is 20.0. The zero-order valence-electron chi connectivity index (χ0n) is 21.0. The van der Waals surface area contributed by atoms with Gasteiger partial charge in [0.1, 0.15) is 13.2 Å². The molecule has 0 aromatic heterocycles. The summed E-state index contributed by atoms with van der Waals surface area (Å²) in [4.78, 5) is 15.2. The number of hydrogen-bond donors (Lipinski definition) is 1. The van der Waals surface area contributed by atoms with Gasteiger partial charge in [-0.3, -0.25) is 4.79 Å². The van der Waals surface area contributed by atoms with Crippen LogP contribution in [0.25, 0.3) is 0 Å². The van der Waals surface area contributed by atoms with Gasteiger partial charge in [-0.25, -0.2) is 8.42 Å². The van der Waals surface area contributed by atoms with Crippen LogP contribution in [0.2, 0.25) is 0 Å². The van der Waals surface area contributed by atoms with Gasteiger partial charge in [-0.05, 0) is 75.7 Å². The van der Waals surface area contributed by atoms with E-state index < -0.39 is 9.84 Å². The summed E-state index contributed by atoms with van der Waals surface area (Å²) in [5.74, 6) is 1.89. The van der Waals surface area contributed by atoms with Crippen LogP contribution < -0.4 is 14.8 Å². The number of unbranched alkanes of at least 4 members (excludes halogenated alkanes) is 2. The van der Waals surface area contributed by atoms with E-state index in [4.69, 9.17) is 9.47 Å². The number of hydrogen-bond acceptors (Lipinski definition) is 6. The summed E-state index contributed by atoms with van der Waals surface area (Å²) in [5, 5.41) is 3.13. The Hall–Kier alpha value is -1.80. The molecule has 0 bridgehead atoms. The fourth-order valence-corrected chi connectivity index (χ4v) is 7.59. The average molecular weight is 507 g/mol. The maximum Gasteiger partial charge on any atom is 0.220 e. The van der Waals surface area contributed by atoms with E-state index >= 15 is 0 Å². The van der Waals surface area contributed by atoms with Gasteiger partial charge in [-0.2, -0.15) is 0 Å². The highest BCUT2D eigenvalue weighted by molar-refractivity contribution is 7.92. The number of ether oxygens (including phenoxy) is 2. The number of fused-ring (bicyclic) bond motifs is 1. The quantitative estimate of drug-likeness (QED) is 0.433. The Bertz CT molecular complexity index is 923. The lowest BCUT2D eigenvalue weighted by molar-refractivity contribution is -0.122. The first kappa shape index (κ1) is 26.3. The fourth-order valence-electron chi connectivity index (χ4n) is 5.59. The number of rotatable bonds is 12. The Balaban J connectivity index is 1.23. The highest BCUT2D eigenvalue weighted by atomic mass is 32.2. The number of nitrogens with one attached hydrogen (secondary N) is 1. The van der Waals surface area contributed by atoms with Crippen molar-refractivity contribution in [1.29, 1.82) is 0 Å². The van der Waals surface area contributed by atoms with Crippen molar-refractivity contribution >= 4 is 15.7 Å². The van der Waals surface area contributed by atoms with E-state index in [-0.39, 0.29) is 23.0 Å². The SMILES string of the molecule is O=C(CCCCCS(=O)(=O)C1CCCCC1)N[C@@H](Cc1ccc2c(c1)OCCO2)CN1CCCC1. The molecule has 1 saturated heterocycles. The van der Waals surface area contributed by atoms with Gasteiger partial charge in [-0.15, -0.1) is 0 Å². The summed E-state index contributed by atoms with van der Waals surface area (Å²) in [5.41, 5.74) is 1.13. The van der Waals surface area contributed by atoms with Crippen molar-refractivity contribution in [2.75, 3.05) is 38.6 Å². The maximum absolute atomic E-state index is 12.8. The predicted molar refractivity (Wildman–Crippen MR) is 138 cm³/mol. The first-order valence-electron chi connectivity index (χ1n) is 13.6. The molecule has 196 valence electrons. The van der Waals surface area contributed by atoms with Crippen molar-refractivity contribution in [3.63, 3.8) is 0 Å². The second-order valence-corrected chi connectivity index (χ2v) is 12.8. The molecule has 1 aromatic carbocycles. The number of amides is 1. The van der Waals surface area contributed by atoms with Crippen molar-refractivity contribution in [2.24, 2.45) is 0 Å². The van der Waals surface area contributed by atoms with E-state index in [0.717, 1.165) is 88.1 Å².